The molecule has 2 heterocycles. The Morgan fingerprint density at radius 1 is 1.38 bits per heavy atom. The van der Waals surface area contributed by atoms with Crippen molar-refractivity contribution in [2.45, 2.75) is 12.5 Å². The summed E-state index contributed by atoms with van der Waals surface area (Å²) in [5, 5.41) is 9.53. The Morgan fingerprint density at radius 2 is 2.14 bits per heavy atom. The van der Waals surface area contributed by atoms with E-state index in [4.69, 9.17) is 9.84 Å². The van der Waals surface area contributed by atoms with Crippen LogP contribution in [-0.4, -0.2) is 52.2 Å². The first-order chi connectivity index (χ1) is 9.98. The molecule has 0 atom stereocenters. The minimum atomic E-state index is -1.00. The lowest BCUT2D eigenvalue weighted by Gasteiger charge is -2.47. The van der Waals surface area contributed by atoms with Gasteiger partial charge in [0.1, 0.15) is 12.2 Å². The van der Waals surface area contributed by atoms with Crippen LogP contribution in [0.5, 0.6) is 0 Å². The Hall–Kier alpha value is -2.34. The van der Waals surface area contributed by atoms with Crippen LogP contribution in [0.4, 0.5) is 0 Å². The maximum atomic E-state index is 12.5. The molecule has 1 aromatic carbocycles. The van der Waals surface area contributed by atoms with E-state index in [0.717, 1.165) is 10.9 Å². The van der Waals surface area contributed by atoms with Gasteiger partial charge in [-0.05, 0) is 25.1 Å². The van der Waals surface area contributed by atoms with Crippen molar-refractivity contribution in [1.29, 1.82) is 0 Å². The fraction of sp³-hybridized carbons (Fsp3) is 0.333. The summed E-state index contributed by atoms with van der Waals surface area (Å²) >= 11 is 0. The van der Waals surface area contributed by atoms with Crippen LogP contribution in [0, 0.1) is 0 Å². The summed E-state index contributed by atoms with van der Waals surface area (Å²) in [6, 6.07) is 7.43. The molecule has 1 aliphatic rings. The highest BCUT2D eigenvalue weighted by Gasteiger charge is 2.43. The predicted octanol–water partition coefficient (Wildman–Crippen LogP) is 1.48. The van der Waals surface area contributed by atoms with Crippen LogP contribution in [0.3, 0.4) is 0 Å². The van der Waals surface area contributed by atoms with E-state index in [1.54, 1.807) is 17.2 Å². The average Bonchev–Trinajstić information content (AvgIpc) is 2.89. The Balaban J connectivity index is 1.71. The predicted molar refractivity (Wildman–Crippen MR) is 76.2 cm³/mol. The van der Waals surface area contributed by atoms with Crippen molar-refractivity contribution in [1.82, 2.24) is 9.88 Å². The molecular formula is C15H16N2O4. The third kappa shape index (κ3) is 2.50. The zero-order valence-electron chi connectivity index (χ0n) is 11.6. The summed E-state index contributed by atoms with van der Waals surface area (Å²) in [6.07, 6.45) is 1.80. The highest BCUT2D eigenvalue weighted by molar-refractivity contribution is 6.06. The van der Waals surface area contributed by atoms with Crippen LogP contribution < -0.4 is 0 Å². The highest BCUT2D eigenvalue weighted by Crippen LogP contribution is 2.28. The van der Waals surface area contributed by atoms with E-state index in [2.05, 4.69) is 4.98 Å². The van der Waals surface area contributed by atoms with Gasteiger partial charge in [-0.25, -0.2) is 4.79 Å². The zero-order chi connectivity index (χ0) is 15.0. The van der Waals surface area contributed by atoms with E-state index < -0.39 is 11.6 Å². The molecule has 2 aromatic rings. The van der Waals surface area contributed by atoms with E-state index in [1.165, 1.54) is 0 Å². The van der Waals surface area contributed by atoms with Crippen molar-refractivity contribution in [3.05, 3.63) is 36.0 Å². The summed E-state index contributed by atoms with van der Waals surface area (Å²) in [4.78, 5) is 27.8. The van der Waals surface area contributed by atoms with Crippen molar-refractivity contribution in [2.24, 2.45) is 0 Å². The monoisotopic (exact) mass is 288 g/mol. The van der Waals surface area contributed by atoms with Gasteiger partial charge in [-0.3, -0.25) is 4.79 Å². The van der Waals surface area contributed by atoms with Crippen molar-refractivity contribution < 1.29 is 19.4 Å². The molecule has 21 heavy (non-hydrogen) atoms. The number of nitrogens with one attached hydrogen (secondary N) is 1. The number of carbonyl (C=O) groups excluding carboxylic acids is 1. The van der Waals surface area contributed by atoms with Gasteiger partial charge < -0.3 is 19.7 Å². The Kier molecular flexibility index (Phi) is 3.17. The Labute approximate surface area is 121 Å². The number of aromatic nitrogens is 1. The number of carboxylic acids is 1. The van der Waals surface area contributed by atoms with Crippen molar-refractivity contribution in [3.63, 3.8) is 0 Å². The quantitative estimate of drug-likeness (QED) is 0.892. The number of ether oxygens (including phenoxy) is 1. The minimum absolute atomic E-state index is 0.0587. The first-order valence-electron chi connectivity index (χ1n) is 6.70. The van der Waals surface area contributed by atoms with Crippen LogP contribution >= 0.6 is 0 Å². The number of aromatic amines is 1. The van der Waals surface area contributed by atoms with Crippen LogP contribution in [-0.2, 0) is 9.53 Å². The number of likely N-dealkylation sites (tertiary alicyclic amines) is 1. The summed E-state index contributed by atoms with van der Waals surface area (Å²) in [5.41, 5.74) is 1.00. The summed E-state index contributed by atoms with van der Waals surface area (Å²) in [5.74, 6) is -1.06. The van der Waals surface area contributed by atoms with Crippen molar-refractivity contribution in [2.75, 3.05) is 19.7 Å². The van der Waals surface area contributed by atoms with E-state index in [1.807, 2.05) is 25.1 Å². The molecular weight excluding hydrogens is 272 g/mol. The van der Waals surface area contributed by atoms with Crippen LogP contribution in [0.1, 0.15) is 17.3 Å². The molecule has 1 saturated heterocycles. The van der Waals surface area contributed by atoms with Gasteiger partial charge in [0.25, 0.3) is 5.91 Å². The fourth-order valence-corrected chi connectivity index (χ4v) is 2.67. The molecule has 1 aromatic heterocycles. The molecule has 0 bridgehead atoms. The van der Waals surface area contributed by atoms with Crippen LogP contribution in [0.15, 0.2) is 30.5 Å². The van der Waals surface area contributed by atoms with E-state index >= 15 is 0 Å². The molecule has 0 spiro atoms. The molecule has 2 N–H and O–H groups in total. The molecule has 0 saturated carbocycles. The number of amides is 1. The smallest absolute Gasteiger partial charge is 0.329 e. The Bertz CT molecular complexity index is 701. The number of rotatable bonds is 4. The summed E-state index contributed by atoms with van der Waals surface area (Å²) in [7, 11) is 0. The standard InChI is InChI=1S/C15H16N2O4/c1-15(21-7-13(18)19)8-17(9-15)14(20)11-3-2-4-12-10(11)5-6-16-12/h2-6,16H,7-9H2,1H3,(H,18,19). The molecule has 1 fully saturated rings. The normalized spacial score (nSPS) is 16.7. The largest absolute Gasteiger partial charge is 0.480 e. The lowest BCUT2D eigenvalue weighted by atomic mass is 9.94. The fourth-order valence-electron chi connectivity index (χ4n) is 2.67. The number of H-pyrrole nitrogens is 1. The number of benzene rings is 1. The molecule has 6 heteroatoms. The van der Waals surface area contributed by atoms with E-state index in [0.29, 0.717) is 18.7 Å². The van der Waals surface area contributed by atoms with Gasteiger partial charge in [-0.15, -0.1) is 0 Å². The van der Waals surface area contributed by atoms with Crippen molar-refractivity contribution >= 4 is 22.8 Å². The van der Waals surface area contributed by atoms with Gasteiger partial charge in [0.2, 0.25) is 0 Å². The van der Waals surface area contributed by atoms with Gasteiger partial charge >= 0.3 is 5.97 Å². The average molecular weight is 288 g/mol. The van der Waals surface area contributed by atoms with E-state index in [9.17, 15) is 9.59 Å². The Morgan fingerprint density at radius 3 is 2.86 bits per heavy atom. The SMILES string of the molecule is CC1(OCC(=O)O)CN(C(=O)c2cccc3[nH]ccc23)C1. The summed E-state index contributed by atoms with van der Waals surface area (Å²) in [6.45, 7) is 2.28. The lowest BCUT2D eigenvalue weighted by molar-refractivity contribution is -0.159. The van der Waals surface area contributed by atoms with Gasteiger partial charge in [0, 0.05) is 22.7 Å². The second-order valence-corrected chi connectivity index (χ2v) is 5.54. The third-order valence-corrected chi connectivity index (χ3v) is 3.71. The first-order valence-corrected chi connectivity index (χ1v) is 6.70. The zero-order valence-corrected chi connectivity index (χ0v) is 11.6. The maximum absolute atomic E-state index is 12.5. The summed E-state index contributed by atoms with van der Waals surface area (Å²) < 4.78 is 5.32. The van der Waals surface area contributed by atoms with Gasteiger partial charge in [0.15, 0.2) is 0 Å². The molecule has 6 nitrogen and oxygen atoms in total. The molecule has 110 valence electrons. The van der Waals surface area contributed by atoms with Gasteiger partial charge in [-0.2, -0.15) is 0 Å². The topological polar surface area (TPSA) is 82.6 Å². The molecule has 0 aliphatic carbocycles. The van der Waals surface area contributed by atoms with Crippen LogP contribution in [0.2, 0.25) is 0 Å². The number of hydrogen-bond acceptors (Lipinski definition) is 3. The second kappa shape index (κ2) is 4.89. The molecule has 0 unspecified atom stereocenters. The first kappa shape index (κ1) is 13.6. The number of fused-ring (bicyclic) bond motifs is 1. The van der Waals surface area contributed by atoms with Crippen LogP contribution in [0.25, 0.3) is 10.9 Å². The van der Waals surface area contributed by atoms with Gasteiger partial charge in [-0.1, -0.05) is 6.07 Å². The lowest BCUT2D eigenvalue weighted by Crippen LogP contribution is -2.63. The number of carbonyl (C=O) groups is 2. The van der Waals surface area contributed by atoms with E-state index in [-0.39, 0.29) is 12.5 Å². The molecule has 1 aliphatic heterocycles. The maximum Gasteiger partial charge on any atom is 0.329 e. The van der Waals surface area contributed by atoms with Crippen molar-refractivity contribution in [3.8, 4) is 0 Å². The second-order valence-electron chi connectivity index (χ2n) is 5.54. The number of carboxylic acid groups (broad SMARTS) is 1. The molecule has 0 radical (unpaired) electrons. The highest BCUT2D eigenvalue weighted by atomic mass is 16.5. The molecule has 3 rings (SSSR count). The third-order valence-electron chi connectivity index (χ3n) is 3.71. The number of nitrogens with zero attached hydrogens (tertiary/aromatic N) is 1. The number of aliphatic carboxylic acids is 1. The number of hydrogen-bond donors (Lipinski definition) is 2. The minimum Gasteiger partial charge on any atom is -0.480 e. The molecule has 1 amide bonds. The van der Waals surface area contributed by atoms with Gasteiger partial charge in [0.05, 0.1) is 13.1 Å².